The van der Waals surface area contributed by atoms with Crippen LogP contribution in [-0.2, 0) is 0 Å². The molecule has 1 atom stereocenters. The Morgan fingerprint density at radius 2 is 2.11 bits per heavy atom. The number of ether oxygens (including phenoxy) is 1. The van der Waals surface area contributed by atoms with E-state index in [9.17, 15) is 5.11 Å². The van der Waals surface area contributed by atoms with Gasteiger partial charge in [0.1, 0.15) is 18.5 Å². The number of nitrogens with one attached hydrogen (secondary N) is 1. The van der Waals surface area contributed by atoms with Crippen LogP contribution in [0.3, 0.4) is 0 Å². The second kappa shape index (κ2) is 5.90. The van der Waals surface area contributed by atoms with Crippen molar-refractivity contribution in [3.63, 3.8) is 0 Å². The molecule has 1 fully saturated rings. The maximum Gasteiger partial charge on any atom is 0.122 e. The lowest BCUT2D eigenvalue weighted by Crippen LogP contribution is -2.41. The summed E-state index contributed by atoms with van der Waals surface area (Å²) in [6.07, 6.45) is 1.39. The largest absolute Gasteiger partial charge is 0.491 e. The highest BCUT2D eigenvalue weighted by Crippen LogP contribution is 2.34. The lowest BCUT2D eigenvalue weighted by Gasteiger charge is -2.18. The fraction of sp³-hybridized carbons (Fsp3) is 0.600. The molecule has 0 saturated heterocycles. The quantitative estimate of drug-likeness (QED) is 0.692. The zero-order valence-corrected chi connectivity index (χ0v) is 11.6. The fourth-order valence-corrected chi connectivity index (χ4v) is 1.98. The summed E-state index contributed by atoms with van der Waals surface area (Å²) in [5.41, 5.74) is 2.07. The summed E-state index contributed by atoms with van der Waals surface area (Å²) < 4.78 is 5.65. The number of aliphatic hydroxyl groups is 2. The van der Waals surface area contributed by atoms with Gasteiger partial charge in [0.15, 0.2) is 0 Å². The molecule has 0 heterocycles. The van der Waals surface area contributed by atoms with Gasteiger partial charge in [-0.15, -0.1) is 0 Å². The van der Waals surface area contributed by atoms with Crippen LogP contribution in [0.5, 0.6) is 5.75 Å². The first-order chi connectivity index (χ1) is 9.04. The molecule has 1 aliphatic carbocycles. The zero-order chi connectivity index (χ0) is 13.9. The first kappa shape index (κ1) is 14.3. The van der Waals surface area contributed by atoms with Crippen molar-refractivity contribution < 1.29 is 14.9 Å². The monoisotopic (exact) mass is 265 g/mol. The highest BCUT2D eigenvalue weighted by atomic mass is 16.5. The van der Waals surface area contributed by atoms with Crippen molar-refractivity contribution in [2.75, 3.05) is 19.8 Å². The van der Waals surface area contributed by atoms with Crippen LogP contribution >= 0.6 is 0 Å². The third kappa shape index (κ3) is 3.93. The van der Waals surface area contributed by atoms with Crippen LogP contribution in [0.2, 0.25) is 0 Å². The molecular formula is C15H23NO3. The van der Waals surface area contributed by atoms with Gasteiger partial charge in [-0.05, 0) is 43.9 Å². The minimum Gasteiger partial charge on any atom is -0.491 e. The predicted molar refractivity (Wildman–Crippen MR) is 74.5 cm³/mol. The average molecular weight is 265 g/mol. The second-order valence-electron chi connectivity index (χ2n) is 5.55. The Morgan fingerprint density at radius 1 is 1.37 bits per heavy atom. The smallest absolute Gasteiger partial charge is 0.122 e. The topological polar surface area (TPSA) is 61.7 Å². The summed E-state index contributed by atoms with van der Waals surface area (Å²) in [5.74, 6) is 0.822. The summed E-state index contributed by atoms with van der Waals surface area (Å²) in [7, 11) is 0. The number of hydrogen-bond acceptors (Lipinski definition) is 4. The van der Waals surface area contributed by atoms with Crippen molar-refractivity contribution in [1.82, 2.24) is 5.32 Å². The van der Waals surface area contributed by atoms with E-state index in [-0.39, 0.29) is 18.8 Å². The summed E-state index contributed by atoms with van der Waals surface area (Å²) >= 11 is 0. The predicted octanol–water partition coefficient (Wildman–Crippen LogP) is 1.16. The minimum absolute atomic E-state index is 0.136. The van der Waals surface area contributed by atoms with Crippen molar-refractivity contribution in [2.24, 2.45) is 0 Å². The van der Waals surface area contributed by atoms with Crippen LogP contribution in [-0.4, -0.2) is 41.6 Å². The molecule has 0 aromatic heterocycles. The molecular weight excluding hydrogens is 242 g/mol. The summed E-state index contributed by atoms with van der Waals surface area (Å²) in [4.78, 5) is 0. The van der Waals surface area contributed by atoms with E-state index in [0.29, 0.717) is 6.54 Å². The number of aryl methyl sites for hydroxylation is 2. The van der Waals surface area contributed by atoms with E-state index in [1.807, 2.05) is 32.0 Å². The van der Waals surface area contributed by atoms with E-state index in [0.717, 1.165) is 29.7 Å². The zero-order valence-electron chi connectivity index (χ0n) is 11.6. The van der Waals surface area contributed by atoms with Gasteiger partial charge in [-0.25, -0.2) is 0 Å². The molecule has 0 aliphatic heterocycles. The Kier molecular flexibility index (Phi) is 4.45. The Bertz CT molecular complexity index is 429. The van der Waals surface area contributed by atoms with Crippen molar-refractivity contribution >= 4 is 0 Å². The SMILES string of the molecule is Cc1ccc(C)c(OCC(O)CNC2(CO)CC2)c1. The van der Waals surface area contributed by atoms with Crippen LogP contribution in [0, 0.1) is 13.8 Å². The molecule has 3 N–H and O–H groups in total. The van der Waals surface area contributed by atoms with Crippen LogP contribution in [0.25, 0.3) is 0 Å². The molecule has 0 bridgehead atoms. The third-order valence-corrected chi connectivity index (χ3v) is 3.64. The van der Waals surface area contributed by atoms with Gasteiger partial charge in [0.25, 0.3) is 0 Å². The van der Waals surface area contributed by atoms with Gasteiger partial charge in [-0.3, -0.25) is 0 Å². The number of rotatable bonds is 7. The van der Waals surface area contributed by atoms with Gasteiger partial charge in [-0.1, -0.05) is 12.1 Å². The number of hydrogen-bond donors (Lipinski definition) is 3. The van der Waals surface area contributed by atoms with Crippen LogP contribution < -0.4 is 10.1 Å². The lowest BCUT2D eigenvalue weighted by atomic mass is 10.1. The summed E-state index contributed by atoms with van der Waals surface area (Å²) in [6.45, 7) is 4.86. The molecule has 1 aliphatic rings. The Morgan fingerprint density at radius 3 is 2.74 bits per heavy atom. The molecule has 0 spiro atoms. The molecule has 0 amide bonds. The summed E-state index contributed by atoms with van der Waals surface area (Å²) in [5, 5.41) is 22.3. The fourth-order valence-electron chi connectivity index (χ4n) is 1.98. The van der Waals surface area contributed by atoms with Gasteiger partial charge >= 0.3 is 0 Å². The normalized spacial score (nSPS) is 18.1. The van der Waals surface area contributed by atoms with Crippen molar-refractivity contribution in [3.05, 3.63) is 29.3 Å². The number of β-amino-alcohol motifs (C(OH)–C–C–N with tert-alkyl or cyclic N) is 1. The standard InChI is InChI=1S/C15H23NO3/c1-11-3-4-12(2)14(7-11)19-9-13(18)8-16-15(10-17)5-6-15/h3-4,7,13,16-18H,5-6,8-10H2,1-2H3. The van der Waals surface area contributed by atoms with Crippen molar-refractivity contribution in [3.8, 4) is 5.75 Å². The van der Waals surface area contributed by atoms with E-state index in [2.05, 4.69) is 5.32 Å². The van der Waals surface area contributed by atoms with Crippen LogP contribution in [0.15, 0.2) is 18.2 Å². The van der Waals surface area contributed by atoms with Gasteiger partial charge in [0, 0.05) is 12.1 Å². The lowest BCUT2D eigenvalue weighted by molar-refractivity contribution is 0.0975. The molecule has 1 aromatic carbocycles. The molecule has 4 heteroatoms. The van der Waals surface area contributed by atoms with Gasteiger partial charge in [-0.2, -0.15) is 0 Å². The molecule has 1 unspecified atom stereocenters. The Labute approximate surface area is 114 Å². The number of benzene rings is 1. The second-order valence-corrected chi connectivity index (χ2v) is 5.55. The van der Waals surface area contributed by atoms with E-state index >= 15 is 0 Å². The molecule has 106 valence electrons. The summed E-state index contributed by atoms with van der Waals surface area (Å²) in [6, 6.07) is 6.03. The first-order valence-corrected chi connectivity index (χ1v) is 6.79. The minimum atomic E-state index is -0.566. The molecule has 0 radical (unpaired) electrons. The van der Waals surface area contributed by atoms with Crippen LogP contribution in [0.4, 0.5) is 0 Å². The van der Waals surface area contributed by atoms with Crippen LogP contribution in [0.1, 0.15) is 24.0 Å². The highest BCUT2D eigenvalue weighted by molar-refractivity contribution is 5.35. The Hall–Kier alpha value is -1.10. The molecule has 19 heavy (non-hydrogen) atoms. The maximum absolute atomic E-state index is 9.89. The van der Waals surface area contributed by atoms with E-state index in [4.69, 9.17) is 9.84 Å². The van der Waals surface area contributed by atoms with E-state index < -0.39 is 6.10 Å². The average Bonchev–Trinajstić information content (AvgIpc) is 3.18. The van der Waals surface area contributed by atoms with Crippen molar-refractivity contribution in [1.29, 1.82) is 0 Å². The van der Waals surface area contributed by atoms with Gasteiger partial charge in [0.05, 0.1) is 6.61 Å². The van der Waals surface area contributed by atoms with Gasteiger partial charge < -0.3 is 20.3 Å². The van der Waals surface area contributed by atoms with Crippen molar-refractivity contribution in [2.45, 2.75) is 38.3 Å². The molecule has 2 rings (SSSR count). The van der Waals surface area contributed by atoms with Gasteiger partial charge in [0.2, 0.25) is 0 Å². The molecule has 1 aromatic rings. The molecule has 1 saturated carbocycles. The van der Waals surface area contributed by atoms with E-state index in [1.54, 1.807) is 0 Å². The Balaban J connectivity index is 1.76. The highest BCUT2D eigenvalue weighted by Gasteiger charge is 2.41. The molecule has 4 nitrogen and oxygen atoms in total. The third-order valence-electron chi connectivity index (χ3n) is 3.64. The number of aliphatic hydroxyl groups excluding tert-OH is 2. The maximum atomic E-state index is 9.89. The first-order valence-electron chi connectivity index (χ1n) is 6.79. The van der Waals surface area contributed by atoms with E-state index in [1.165, 1.54) is 0 Å².